The molecule has 0 bridgehead atoms. The first-order chi connectivity index (χ1) is 10.9. The second-order valence-corrected chi connectivity index (χ2v) is 6.05. The zero-order valence-corrected chi connectivity index (χ0v) is 13.3. The van der Waals surface area contributed by atoms with Gasteiger partial charge in [0, 0.05) is 29.1 Å². The standard InChI is InChI=1S/C15H12ClF3N2OS/c16-12-4-1-10(2-5-12)14(22)20-7-8-23-13-6-3-11(9-21-13)15(17,18)19/h1-6,9H,7-8H2,(H,20,22). The molecule has 0 atom stereocenters. The SMILES string of the molecule is O=C(NCCSc1ccc(C(F)(F)F)cn1)c1ccc(Cl)cc1. The first kappa shape index (κ1) is 17.6. The third-order valence-electron chi connectivity index (χ3n) is 2.81. The number of hydrogen-bond acceptors (Lipinski definition) is 3. The van der Waals surface area contributed by atoms with Gasteiger partial charge in [-0.3, -0.25) is 4.79 Å². The predicted octanol–water partition coefficient (Wildman–Crippen LogP) is 4.28. The number of nitrogens with one attached hydrogen (secondary N) is 1. The van der Waals surface area contributed by atoms with Crippen LogP contribution in [-0.4, -0.2) is 23.2 Å². The minimum Gasteiger partial charge on any atom is -0.351 e. The third-order valence-corrected chi connectivity index (χ3v) is 4.01. The highest BCUT2D eigenvalue weighted by molar-refractivity contribution is 7.99. The van der Waals surface area contributed by atoms with Crippen molar-refractivity contribution in [2.45, 2.75) is 11.2 Å². The van der Waals surface area contributed by atoms with Gasteiger partial charge in [0.25, 0.3) is 5.91 Å². The molecular formula is C15H12ClF3N2OS. The molecule has 1 amide bonds. The Bertz CT molecular complexity index is 660. The van der Waals surface area contributed by atoms with Gasteiger partial charge in [0.05, 0.1) is 10.6 Å². The number of thioether (sulfide) groups is 1. The molecule has 2 rings (SSSR count). The summed E-state index contributed by atoms with van der Waals surface area (Å²) in [5, 5.41) is 3.73. The lowest BCUT2D eigenvalue weighted by atomic mass is 10.2. The largest absolute Gasteiger partial charge is 0.417 e. The minimum atomic E-state index is -4.39. The summed E-state index contributed by atoms with van der Waals surface area (Å²) in [7, 11) is 0. The van der Waals surface area contributed by atoms with E-state index >= 15 is 0 Å². The van der Waals surface area contributed by atoms with E-state index in [0.29, 0.717) is 27.9 Å². The molecule has 1 aromatic carbocycles. The van der Waals surface area contributed by atoms with Crippen LogP contribution in [0.1, 0.15) is 15.9 Å². The highest BCUT2D eigenvalue weighted by Gasteiger charge is 2.30. The average molecular weight is 361 g/mol. The van der Waals surface area contributed by atoms with Crippen molar-refractivity contribution in [2.24, 2.45) is 0 Å². The van der Waals surface area contributed by atoms with Crippen LogP contribution in [-0.2, 0) is 6.18 Å². The van der Waals surface area contributed by atoms with Crippen molar-refractivity contribution in [1.29, 1.82) is 0 Å². The van der Waals surface area contributed by atoms with Crippen LogP contribution in [0.3, 0.4) is 0 Å². The molecule has 0 aliphatic rings. The number of amides is 1. The van der Waals surface area contributed by atoms with E-state index in [1.165, 1.54) is 17.8 Å². The Labute approximate surface area is 140 Å². The third kappa shape index (κ3) is 5.44. The second kappa shape index (κ2) is 7.70. The van der Waals surface area contributed by atoms with Crippen LogP contribution >= 0.6 is 23.4 Å². The lowest BCUT2D eigenvalue weighted by molar-refractivity contribution is -0.137. The molecule has 3 nitrogen and oxygen atoms in total. The maximum absolute atomic E-state index is 12.4. The zero-order chi connectivity index (χ0) is 16.9. The number of halogens is 4. The van der Waals surface area contributed by atoms with Crippen molar-refractivity contribution in [3.63, 3.8) is 0 Å². The second-order valence-electron chi connectivity index (χ2n) is 4.49. The van der Waals surface area contributed by atoms with E-state index in [4.69, 9.17) is 11.6 Å². The molecule has 0 unspecified atom stereocenters. The van der Waals surface area contributed by atoms with E-state index in [0.717, 1.165) is 12.3 Å². The topological polar surface area (TPSA) is 42.0 Å². The summed E-state index contributed by atoms with van der Waals surface area (Å²) in [5.74, 6) is 0.264. The van der Waals surface area contributed by atoms with Crippen LogP contribution in [0.2, 0.25) is 5.02 Å². The molecular weight excluding hydrogens is 349 g/mol. The number of hydrogen-bond donors (Lipinski definition) is 1. The summed E-state index contributed by atoms with van der Waals surface area (Å²) in [6.07, 6.45) is -3.59. The predicted molar refractivity (Wildman–Crippen MR) is 83.7 cm³/mol. The Hall–Kier alpha value is -1.73. The van der Waals surface area contributed by atoms with Crippen LogP contribution in [0.4, 0.5) is 13.2 Å². The fourth-order valence-electron chi connectivity index (χ4n) is 1.66. The lowest BCUT2D eigenvalue weighted by Crippen LogP contribution is -2.25. The van der Waals surface area contributed by atoms with Crippen molar-refractivity contribution >= 4 is 29.3 Å². The molecule has 122 valence electrons. The summed E-state index contributed by atoms with van der Waals surface area (Å²) < 4.78 is 37.2. The molecule has 1 heterocycles. The molecule has 2 aromatic rings. The molecule has 0 aliphatic carbocycles. The number of pyridine rings is 1. The molecule has 0 fully saturated rings. The van der Waals surface area contributed by atoms with Gasteiger partial charge in [0.15, 0.2) is 0 Å². The van der Waals surface area contributed by atoms with Gasteiger partial charge in [0.1, 0.15) is 0 Å². The molecule has 1 aromatic heterocycles. The average Bonchev–Trinajstić information content (AvgIpc) is 2.51. The Morgan fingerprint density at radius 2 is 1.87 bits per heavy atom. The molecule has 23 heavy (non-hydrogen) atoms. The van der Waals surface area contributed by atoms with Gasteiger partial charge in [-0.05, 0) is 36.4 Å². The number of benzene rings is 1. The summed E-state index contributed by atoms with van der Waals surface area (Å²) >= 11 is 7.00. The van der Waals surface area contributed by atoms with Crippen molar-refractivity contribution in [2.75, 3.05) is 12.3 Å². The fourth-order valence-corrected chi connectivity index (χ4v) is 2.49. The van der Waals surface area contributed by atoms with E-state index in [-0.39, 0.29) is 5.91 Å². The van der Waals surface area contributed by atoms with Gasteiger partial charge >= 0.3 is 6.18 Å². The summed E-state index contributed by atoms with van der Waals surface area (Å²) in [6.45, 7) is 0.370. The van der Waals surface area contributed by atoms with E-state index in [9.17, 15) is 18.0 Å². The van der Waals surface area contributed by atoms with Gasteiger partial charge in [-0.2, -0.15) is 13.2 Å². The molecule has 0 saturated carbocycles. The highest BCUT2D eigenvalue weighted by atomic mass is 35.5. The minimum absolute atomic E-state index is 0.234. The van der Waals surface area contributed by atoms with Crippen molar-refractivity contribution in [3.8, 4) is 0 Å². The van der Waals surface area contributed by atoms with Gasteiger partial charge in [-0.25, -0.2) is 4.98 Å². The summed E-state index contributed by atoms with van der Waals surface area (Å²) in [6, 6.07) is 8.77. The summed E-state index contributed by atoms with van der Waals surface area (Å²) in [5.41, 5.74) is -0.287. The lowest BCUT2D eigenvalue weighted by Gasteiger charge is -2.07. The Kier molecular flexibility index (Phi) is 5.90. The fraction of sp³-hybridized carbons (Fsp3) is 0.200. The maximum atomic E-state index is 12.4. The van der Waals surface area contributed by atoms with Crippen molar-refractivity contribution in [3.05, 3.63) is 58.7 Å². The smallest absolute Gasteiger partial charge is 0.351 e. The summed E-state index contributed by atoms with van der Waals surface area (Å²) in [4.78, 5) is 15.6. The Balaban J connectivity index is 1.77. The number of aromatic nitrogens is 1. The van der Waals surface area contributed by atoms with E-state index in [1.54, 1.807) is 24.3 Å². The van der Waals surface area contributed by atoms with Crippen LogP contribution in [0.25, 0.3) is 0 Å². The van der Waals surface area contributed by atoms with Gasteiger partial charge in [-0.1, -0.05) is 11.6 Å². The maximum Gasteiger partial charge on any atom is 0.417 e. The number of carbonyl (C=O) groups is 1. The van der Waals surface area contributed by atoms with Gasteiger partial charge in [0.2, 0.25) is 0 Å². The first-order valence-electron chi connectivity index (χ1n) is 6.56. The van der Waals surface area contributed by atoms with Crippen molar-refractivity contribution in [1.82, 2.24) is 10.3 Å². The molecule has 0 aliphatic heterocycles. The molecule has 0 spiro atoms. The quantitative estimate of drug-likeness (QED) is 0.639. The monoisotopic (exact) mass is 360 g/mol. The Morgan fingerprint density at radius 1 is 1.17 bits per heavy atom. The van der Waals surface area contributed by atoms with E-state index in [1.807, 2.05) is 0 Å². The Morgan fingerprint density at radius 3 is 2.43 bits per heavy atom. The van der Waals surface area contributed by atoms with Gasteiger partial charge < -0.3 is 5.32 Å². The molecule has 0 radical (unpaired) electrons. The molecule has 0 saturated heterocycles. The van der Waals surface area contributed by atoms with E-state index in [2.05, 4.69) is 10.3 Å². The van der Waals surface area contributed by atoms with E-state index < -0.39 is 11.7 Å². The number of carbonyl (C=O) groups excluding carboxylic acids is 1. The first-order valence-corrected chi connectivity index (χ1v) is 7.92. The number of alkyl halides is 3. The van der Waals surface area contributed by atoms with Crippen LogP contribution < -0.4 is 5.32 Å². The molecule has 1 N–H and O–H groups in total. The zero-order valence-electron chi connectivity index (χ0n) is 11.7. The van der Waals surface area contributed by atoms with Crippen molar-refractivity contribution < 1.29 is 18.0 Å². The normalized spacial score (nSPS) is 11.3. The molecule has 8 heteroatoms. The highest BCUT2D eigenvalue weighted by Crippen LogP contribution is 2.29. The van der Waals surface area contributed by atoms with Crippen LogP contribution in [0, 0.1) is 0 Å². The van der Waals surface area contributed by atoms with Crippen LogP contribution in [0.15, 0.2) is 47.6 Å². The van der Waals surface area contributed by atoms with Gasteiger partial charge in [-0.15, -0.1) is 11.8 Å². The van der Waals surface area contributed by atoms with Crippen LogP contribution in [0.5, 0.6) is 0 Å². The number of rotatable bonds is 5. The number of nitrogens with zero attached hydrogens (tertiary/aromatic N) is 1.